The summed E-state index contributed by atoms with van der Waals surface area (Å²) in [7, 11) is 0. The number of hydrogen-bond acceptors (Lipinski definition) is 4. The minimum absolute atomic E-state index is 0.0108. The minimum atomic E-state index is -1.20. The fourth-order valence-corrected chi connectivity index (χ4v) is 3.25. The first-order valence-corrected chi connectivity index (χ1v) is 7.97. The summed E-state index contributed by atoms with van der Waals surface area (Å²) in [4.78, 5) is 39.0. The van der Waals surface area contributed by atoms with Crippen molar-refractivity contribution in [1.82, 2.24) is 9.80 Å². The molecule has 2 aliphatic heterocycles. The summed E-state index contributed by atoms with van der Waals surface area (Å²) in [6.07, 6.45) is 3.45. The molecule has 0 aromatic carbocycles. The molecule has 2 fully saturated rings. The summed E-state index contributed by atoms with van der Waals surface area (Å²) in [5.41, 5.74) is 0. The number of hydrogen-bond donors (Lipinski definition) is 1. The second-order valence-electron chi connectivity index (χ2n) is 6.07. The molecule has 0 saturated carbocycles. The molecule has 0 spiro atoms. The van der Waals surface area contributed by atoms with E-state index in [2.05, 4.69) is 0 Å². The van der Waals surface area contributed by atoms with Gasteiger partial charge in [-0.3, -0.25) is 9.59 Å². The van der Waals surface area contributed by atoms with Gasteiger partial charge in [0.15, 0.2) is 5.76 Å². The van der Waals surface area contributed by atoms with Crippen LogP contribution in [0.4, 0.5) is 0 Å². The molecule has 23 heavy (non-hydrogen) atoms. The minimum Gasteiger partial charge on any atom is -0.475 e. The van der Waals surface area contributed by atoms with Gasteiger partial charge in [-0.2, -0.15) is 0 Å². The van der Waals surface area contributed by atoms with Gasteiger partial charge >= 0.3 is 5.97 Å². The van der Waals surface area contributed by atoms with Crippen LogP contribution in [0.5, 0.6) is 0 Å². The molecule has 1 aromatic rings. The van der Waals surface area contributed by atoms with Crippen LogP contribution in [0.25, 0.3) is 0 Å². The molecule has 1 aromatic heterocycles. The van der Waals surface area contributed by atoms with E-state index in [1.54, 1.807) is 4.90 Å². The molecule has 0 unspecified atom stereocenters. The Labute approximate surface area is 133 Å². The number of carboxylic acid groups (broad SMARTS) is 1. The van der Waals surface area contributed by atoms with Gasteiger partial charge in [-0.1, -0.05) is 0 Å². The monoisotopic (exact) mass is 320 g/mol. The second kappa shape index (κ2) is 6.44. The number of likely N-dealkylation sites (tertiary alicyclic amines) is 2. The summed E-state index contributed by atoms with van der Waals surface area (Å²) in [6, 6.07) is 2.66. The van der Waals surface area contributed by atoms with E-state index in [-0.39, 0.29) is 29.3 Å². The van der Waals surface area contributed by atoms with Crippen LogP contribution in [0.15, 0.2) is 16.5 Å². The standard InChI is InChI=1S/C16H20N2O5/c19-14(17-7-1-2-8-17)11-5-9-18(10-6-11)15(20)12-3-4-13(23-12)16(21)22/h3-4,11H,1-2,5-10H2,(H,21,22). The Morgan fingerprint density at radius 2 is 1.57 bits per heavy atom. The number of carboxylic acids is 1. The number of carbonyl (C=O) groups excluding carboxylic acids is 2. The molecule has 2 saturated heterocycles. The number of rotatable bonds is 3. The molecule has 3 heterocycles. The van der Waals surface area contributed by atoms with Crippen molar-refractivity contribution in [2.24, 2.45) is 5.92 Å². The van der Waals surface area contributed by atoms with Crippen molar-refractivity contribution >= 4 is 17.8 Å². The second-order valence-corrected chi connectivity index (χ2v) is 6.07. The van der Waals surface area contributed by atoms with Crippen molar-refractivity contribution in [3.63, 3.8) is 0 Å². The summed E-state index contributed by atoms with van der Waals surface area (Å²) in [6.45, 7) is 2.68. The Hall–Kier alpha value is -2.31. The molecule has 2 aliphatic rings. The van der Waals surface area contributed by atoms with Crippen molar-refractivity contribution in [3.05, 3.63) is 23.7 Å². The first kappa shape index (κ1) is 15.6. The van der Waals surface area contributed by atoms with Crippen LogP contribution in [0.3, 0.4) is 0 Å². The summed E-state index contributed by atoms with van der Waals surface area (Å²) in [5, 5.41) is 8.83. The van der Waals surface area contributed by atoms with E-state index in [0.29, 0.717) is 25.9 Å². The highest BCUT2D eigenvalue weighted by atomic mass is 16.4. The van der Waals surface area contributed by atoms with Crippen LogP contribution in [0.1, 0.15) is 46.8 Å². The molecule has 0 radical (unpaired) electrons. The highest BCUT2D eigenvalue weighted by Gasteiger charge is 2.32. The zero-order chi connectivity index (χ0) is 16.4. The average molecular weight is 320 g/mol. The summed E-state index contributed by atoms with van der Waals surface area (Å²) in [5.74, 6) is -1.52. The lowest BCUT2D eigenvalue weighted by molar-refractivity contribution is -0.135. The highest BCUT2D eigenvalue weighted by Crippen LogP contribution is 2.23. The maximum Gasteiger partial charge on any atom is 0.371 e. The van der Waals surface area contributed by atoms with Crippen LogP contribution in [0.2, 0.25) is 0 Å². The average Bonchev–Trinajstić information content (AvgIpc) is 3.25. The highest BCUT2D eigenvalue weighted by molar-refractivity contribution is 5.93. The molecule has 0 aliphatic carbocycles. The number of nitrogens with zero attached hydrogens (tertiary/aromatic N) is 2. The topological polar surface area (TPSA) is 91.1 Å². The predicted molar refractivity (Wildman–Crippen MR) is 80.1 cm³/mol. The molecular formula is C16H20N2O5. The normalized spacial score (nSPS) is 19.1. The van der Waals surface area contributed by atoms with Crippen LogP contribution in [0, 0.1) is 5.92 Å². The smallest absolute Gasteiger partial charge is 0.371 e. The maximum absolute atomic E-state index is 12.4. The molecule has 7 heteroatoms. The first-order chi connectivity index (χ1) is 11.1. The van der Waals surface area contributed by atoms with Crippen LogP contribution >= 0.6 is 0 Å². The van der Waals surface area contributed by atoms with Crippen LogP contribution in [-0.2, 0) is 4.79 Å². The van der Waals surface area contributed by atoms with E-state index in [9.17, 15) is 14.4 Å². The van der Waals surface area contributed by atoms with E-state index in [0.717, 1.165) is 25.9 Å². The largest absolute Gasteiger partial charge is 0.475 e. The predicted octanol–water partition coefficient (Wildman–Crippen LogP) is 1.45. The summed E-state index contributed by atoms with van der Waals surface area (Å²) < 4.78 is 5.05. The molecule has 0 bridgehead atoms. The number of furan rings is 1. The van der Waals surface area contributed by atoms with E-state index < -0.39 is 5.97 Å². The molecule has 7 nitrogen and oxygen atoms in total. The van der Waals surface area contributed by atoms with Crippen molar-refractivity contribution in [1.29, 1.82) is 0 Å². The maximum atomic E-state index is 12.4. The molecule has 124 valence electrons. The van der Waals surface area contributed by atoms with Gasteiger partial charge in [-0.15, -0.1) is 0 Å². The van der Waals surface area contributed by atoms with Gasteiger partial charge in [-0.05, 0) is 37.8 Å². The third-order valence-corrected chi connectivity index (χ3v) is 4.58. The van der Waals surface area contributed by atoms with E-state index in [1.807, 2.05) is 4.90 Å². The van der Waals surface area contributed by atoms with E-state index in [1.165, 1.54) is 12.1 Å². The van der Waals surface area contributed by atoms with Crippen molar-refractivity contribution in [2.75, 3.05) is 26.2 Å². The summed E-state index contributed by atoms with van der Waals surface area (Å²) >= 11 is 0. The zero-order valence-corrected chi connectivity index (χ0v) is 12.9. The lowest BCUT2D eigenvalue weighted by Gasteiger charge is -2.32. The van der Waals surface area contributed by atoms with E-state index in [4.69, 9.17) is 9.52 Å². The lowest BCUT2D eigenvalue weighted by atomic mass is 9.95. The van der Waals surface area contributed by atoms with Gasteiger partial charge in [0.1, 0.15) is 0 Å². The van der Waals surface area contributed by atoms with Gasteiger partial charge in [-0.25, -0.2) is 4.79 Å². The SMILES string of the molecule is O=C(O)c1ccc(C(=O)N2CCC(C(=O)N3CCCC3)CC2)o1. The van der Waals surface area contributed by atoms with Gasteiger partial charge in [0, 0.05) is 32.1 Å². The van der Waals surface area contributed by atoms with Crippen LogP contribution in [-0.4, -0.2) is 58.9 Å². The fraction of sp³-hybridized carbons (Fsp3) is 0.562. The van der Waals surface area contributed by atoms with Crippen LogP contribution < -0.4 is 0 Å². The molecule has 0 atom stereocenters. The Bertz CT molecular complexity index is 610. The van der Waals surface area contributed by atoms with Gasteiger partial charge in [0.05, 0.1) is 0 Å². The van der Waals surface area contributed by atoms with Crippen molar-refractivity contribution in [2.45, 2.75) is 25.7 Å². The van der Waals surface area contributed by atoms with E-state index >= 15 is 0 Å². The van der Waals surface area contributed by atoms with Gasteiger partial charge < -0.3 is 19.3 Å². The Morgan fingerprint density at radius 3 is 2.13 bits per heavy atom. The number of amides is 2. The Morgan fingerprint density at radius 1 is 0.957 bits per heavy atom. The Kier molecular flexibility index (Phi) is 4.36. The molecule has 2 amide bonds. The van der Waals surface area contributed by atoms with Gasteiger partial charge in [0.25, 0.3) is 5.91 Å². The number of piperidine rings is 1. The number of aromatic carboxylic acids is 1. The third-order valence-electron chi connectivity index (χ3n) is 4.58. The fourth-order valence-electron chi connectivity index (χ4n) is 3.25. The Balaban J connectivity index is 1.56. The molecular weight excluding hydrogens is 300 g/mol. The third kappa shape index (κ3) is 3.23. The first-order valence-electron chi connectivity index (χ1n) is 7.97. The molecule has 1 N–H and O–H groups in total. The molecule has 3 rings (SSSR count). The zero-order valence-electron chi connectivity index (χ0n) is 12.9. The quantitative estimate of drug-likeness (QED) is 0.910. The van der Waals surface area contributed by atoms with Gasteiger partial charge in [0.2, 0.25) is 11.7 Å². The lowest BCUT2D eigenvalue weighted by Crippen LogP contribution is -2.43. The van der Waals surface area contributed by atoms with Crippen molar-refractivity contribution < 1.29 is 23.9 Å². The van der Waals surface area contributed by atoms with Crippen molar-refractivity contribution in [3.8, 4) is 0 Å². The number of carbonyl (C=O) groups is 3.